The molecule has 1 rings (SSSR count). The van der Waals surface area contributed by atoms with Gasteiger partial charge in [-0.2, -0.15) is 0 Å². The highest BCUT2D eigenvalue weighted by atomic mass is 16.5. The summed E-state index contributed by atoms with van der Waals surface area (Å²) < 4.78 is 5.44. The molecule has 1 aromatic carbocycles. The van der Waals surface area contributed by atoms with Gasteiger partial charge in [-0.05, 0) is 17.9 Å². The number of ether oxygens (including phenoxy) is 1. The number of hydrogen-bond acceptors (Lipinski definition) is 1. The second kappa shape index (κ2) is 19.7. The summed E-state index contributed by atoms with van der Waals surface area (Å²) in [7, 11) is 1.77. The summed E-state index contributed by atoms with van der Waals surface area (Å²) in [6.07, 6.45) is 25.1. The molecule has 0 saturated carbocycles. The van der Waals surface area contributed by atoms with Crippen LogP contribution in [0.5, 0.6) is 5.75 Å². The van der Waals surface area contributed by atoms with Crippen molar-refractivity contribution in [2.45, 2.75) is 142 Å². The van der Waals surface area contributed by atoms with Gasteiger partial charge in [0, 0.05) is 0 Å². The highest BCUT2D eigenvalue weighted by Crippen LogP contribution is 2.33. The fourth-order valence-electron chi connectivity index (χ4n) is 5.06. The predicted molar refractivity (Wildman–Crippen MR) is 142 cm³/mol. The molecular weight excluding hydrogens is 375 g/mol. The fraction of sp³-hybridized carbons (Fsp3) is 0.793. The maximum atomic E-state index is 5.44. The summed E-state index contributed by atoms with van der Waals surface area (Å²) in [5.41, 5.74) is 1.56. The van der Waals surface area contributed by atoms with E-state index in [0.717, 1.165) is 18.3 Å². The van der Waals surface area contributed by atoms with Crippen LogP contribution in [0.25, 0.3) is 0 Å². The van der Waals surface area contributed by atoms with Gasteiger partial charge in [0.05, 0.1) is 7.11 Å². The zero-order valence-electron chi connectivity index (χ0n) is 21.6. The first kappa shape index (κ1) is 28.1. The molecule has 0 aromatic heterocycles. The van der Waals surface area contributed by atoms with Gasteiger partial charge in [0.1, 0.15) is 12.5 Å². The molecule has 1 unspecified atom stereocenters. The lowest BCUT2D eigenvalue weighted by molar-refractivity contribution is 0.414. The zero-order valence-corrected chi connectivity index (χ0v) is 21.6. The van der Waals surface area contributed by atoms with E-state index in [1.54, 1.807) is 12.7 Å². The molecule has 0 N–H and O–H groups in total. The first-order valence-corrected chi connectivity index (χ1v) is 13.9. The topological polar surface area (TPSA) is 9.23 Å². The van der Waals surface area contributed by atoms with E-state index < -0.39 is 0 Å². The molecule has 0 fully saturated rings. The number of unbranched alkanes of at least 4 members (excludes halogenated alkanes) is 12. The van der Waals surface area contributed by atoms with Gasteiger partial charge in [0.25, 0.3) is 0 Å². The van der Waals surface area contributed by atoms with Gasteiger partial charge in [-0.1, -0.05) is 154 Å². The van der Waals surface area contributed by atoms with Crippen LogP contribution in [0.15, 0.2) is 24.3 Å². The Morgan fingerprint density at radius 2 is 1.06 bits per heavy atom. The number of benzene rings is 1. The molecule has 0 spiro atoms. The van der Waals surface area contributed by atoms with Crippen LogP contribution in [0.3, 0.4) is 0 Å². The largest absolute Gasteiger partial charge is 0.497 e. The van der Waals surface area contributed by atoms with Crippen molar-refractivity contribution >= 4 is 6.71 Å². The Bertz CT molecular complexity index is 484. The molecule has 0 radical (unpaired) electrons. The molecule has 0 aliphatic rings. The molecule has 1 atom stereocenters. The molecule has 2 heteroatoms. The van der Waals surface area contributed by atoms with Gasteiger partial charge in [-0.25, -0.2) is 0 Å². The lowest BCUT2D eigenvalue weighted by Crippen LogP contribution is -2.24. The van der Waals surface area contributed by atoms with Gasteiger partial charge >= 0.3 is 0 Å². The molecule has 178 valence electrons. The summed E-state index contributed by atoms with van der Waals surface area (Å²) in [5, 5.41) is 0. The molecule has 31 heavy (non-hydrogen) atoms. The molecular formula is C29H53BO. The minimum absolute atomic E-state index is 0.727. The number of hydrogen-bond donors (Lipinski definition) is 0. The van der Waals surface area contributed by atoms with Gasteiger partial charge in [-0.3, -0.25) is 0 Å². The summed E-state index contributed by atoms with van der Waals surface area (Å²) in [5.74, 6) is 1.71. The maximum Gasteiger partial charge on any atom is 0.148 e. The van der Waals surface area contributed by atoms with Crippen molar-refractivity contribution in [3.05, 3.63) is 29.8 Å². The normalized spacial score (nSPS) is 12.1. The summed E-state index contributed by atoms with van der Waals surface area (Å²) in [6.45, 7) is 7.80. The Kier molecular flexibility index (Phi) is 17.9. The van der Waals surface area contributed by atoms with Crippen LogP contribution in [-0.2, 0) is 0 Å². The lowest BCUT2D eigenvalue weighted by Gasteiger charge is -2.26. The maximum absolute atomic E-state index is 5.44. The molecule has 0 aliphatic carbocycles. The van der Waals surface area contributed by atoms with E-state index in [1.807, 2.05) is 0 Å². The fourth-order valence-corrected chi connectivity index (χ4v) is 5.06. The van der Waals surface area contributed by atoms with E-state index in [-0.39, 0.29) is 0 Å². The molecule has 0 heterocycles. The molecule has 1 nitrogen and oxygen atoms in total. The predicted octanol–water partition coefficient (Wildman–Crippen LogP) is 10.1. The summed E-state index contributed by atoms with van der Waals surface area (Å²) in [4.78, 5) is 0. The number of methoxy groups -OCH3 is 1. The van der Waals surface area contributed by atoms with E-state index in [2.05, 4.69) is 45.0 Å². The van der Waals surface area contributed by atoms with Gasteiger partial charge in [0.2, 0.25) is 0 Å². The SMILES string of the molecule is CCCCCCCB(CCCCCCC)C(CCCCCCC)c1ccc(OC)cc1. The molecule has 0 saturated heterocycles. The van der Waals surface area contributed by atoms with Crippen molar-refractivity contribution in [2.24, 2.45) is 0 Å². The van der Waals surface area contributed by atoms with E-state index in [4.69, 9.17) is 4.74 Å². The second-order valence-corrected chi connectivity index (χ2v) is 9.75. The minimum atomic E-state index is 0.727. The molecule has 0 bridgehead atoms. The van der Waals surface area contributed by atoms with Crippen molar-refractivity contribution < 1.29 is 4.74 Å². The lowest BCUT2D eigenvalue weighted by atomic mass is 9.34. The number of rotatable bonds is 21. The van der Waals surface area contributed by atoms with Crippen LogP contribution in [0.4, 0.5) is 0 Å². The third kappa shape index (κ3) is 13.3. The van der Waals surface area contributed by atoms with Crippen molar-refractivity contribution in [3.63, 3.8) is 0 Å². The zero-order chi connectivity index (χ0) is 22.6. The summed E-state index contributed by atoms with van der Waals surface area (Å²) >= 11 is 0. The van der Waals surface area contributed by atoms with Crippen LogP contribution < -0.4 is 4.74 Å². The minimum Gasteiger partial charge on any atom is -0.497 e. The second-order valence-electron chi connectivity index (χ2n) is 9.75. The Morgan fingerprint density at radius 1 is 0.613 bits per heavy atom. The van der Waals surface area contributed by atoms with Crippen molar-refractivity contribution in [2.75, 3.05) is 7.11 Å². The third-order valence-corrected chi connectivity index (χ3v) is 7.09. The molecule has 1 aromatic rings. The first-order valence-electron chi connectivity index (χ1n) is 13.9. The Labute approximate surface area is 196 Å². The van der Waals surface area contributed by atoms with E-state index in [1.165, 1.54) is 115 Å². The van der Waals surface area contributed by atoms with E-state index in [9.17, 15) is 0 Å². The van der Waals surface area contributed by atoms with Gasteiger partial charge < -0.3 is 4.74 Å². The smallest absolute Gasteiger partial charge is 0.148 e. The standard InChI is InChI=1S/C29H53BO/c1-5-8-11-14-17-20-29(27-21-23-28(31-4)24-22-27)30(25-18-15-12-9-6-2)26-19-16-13-10-7-3/h21-24,29H,5-20,25-26H2,1-4H3. The average molecular weight is 429 g/mol. The van der Waals surface area contributed by atoms with Crippen LogP contribution in [0.2, 0.25) is 12.6 Å². The van der Waals surface area contributed by atoms with Gasteiger partial charge in [0.15, 0.2) is 0 Å². The summed E-state index contributed by atoms with van der Waals surface area (Å²) in [6, 6.07) is 9.07. The van der Waals surface area contributed by atoms with Crippen LogP contribution >= 0.6 is 0 Å². The highest BCUT2D eigenvalue weighted by molar-refractivity contribution is 6.60. The first-order chi connectivity index (χ1) is 15.3. The van der Waals surface area contributed by atoms with E-state index >= 15 is 0 Å². The van der Waals surface area contributed by atoms with Crippen molar-refractivity contribution in [1.29, 1.82) is 0 Å². The van der Waals surface area contributed by atoms with Crippen LogP contribution in [-0.4, -0.2) is 13.8 Å². The van der Waals surface area contributed by atoms with Crippen LogP contribution in [0, 0.1) is 0 Å². The third-order valence-electron chi connectivity index (χ3n) is 7.09. The Morgan fingerprint density at radius 3 is 1.52 bits per heavy atom. The highest BCUT2D eigenvalue weighted by Gasteiger charge is 2.25. The Hall–Kier alpha value is -0.915. The van der Waals surface area contributed by atoms with Crippen LogP contribution in [0.1, 0.15) is 135 Å². The Balaban J connectivity index is 2.79. The van der Waals surface area contributed by atoms with Crippen molar-refractivity contribution in [1.82, 2.24) is 0 Å². The molecule has 0 amide bonds. The van der Waals surface area contributed by atoms with Crippen molar-refractivity contribution in [3.8, 4) is 5.75 Å². The van der Waals surface area contributed by atoms with Gasteiger partial charge in [-0.15, -0.1) is 0 Å². The monoisotopic (exact) mass is 428 g/mol. The molecule has 0 aliphatic heterocycles. The average Bonchev–Trinajstić information content (AvgIpc) is 2.80. The van der Waals surface area contributed by atoms with E-state index in [0.29, 0.717) is 0 Å². The quantitative estimate of drug-likeness (QED) is 0.140.